The lowest BCUT2D eigenvalue weighted by Gasteiger charge is -2.42. The molecule has 1 saturated carbocycles. The van der Waals surface area contributed by atoms with E-state index in [1.807, 2.05) is 24.3 Å². The maximum Gasteiger partial charge on any atom is 0.309 e. The Labute approximate surface area is 198 Å². The van der Waals surface area contributed by atoms with Crippen molar-refractivity contribution in [1.29, 1.82) is 0 Å². The molecule has 1 fully saturated rings. The highest BCUT2D eigenvalue weighted by Crippen LogP contribution is 2.38. The standard InChI is InChI=1S/C27H28N2O5/c1-34-27(33)22-13-7-6-12-21(22)24(30)28-15-14-17-8-2-3-9-18(17)23(28)16-29-25(31)19-10-4-5-11-20(19)26(29)32/h2-5,8-11,21-23H,6-7,12-16H2,1H3. The number of amides is 3. The molecule has 2 aliphatic heterocycles. The topological polar surface area (TPSA) is 84.0 Å². The van der Waals surface area contributed by atoms with Crippen molar-refractivity contribution in [1.82, 2.24) is 9.80 Å². The Balaban J connectivity index is 1.48. The molecule has 2 heterocycles. The molecule has 0 radical (unpaired) electrons. The van der Waals surface area contributed by atoms with Gasteiger partial charge >= 0.3 is 5.97 Å². The number of carbonyl (C=O) groups excluding carboxylic acids is 4. The zero-order chi connectivity index (χ0) is 23.8. The quantitative estimate of drug-likeness (QED) is 0.516. The molecule has 2 aromatic carbocycles. The number of nitrogens with zero attached hydrogens (tertiary/aromatic N) is 2. The molecule has 0 N–H and O–H groups in total. The van der Waals surface area contributed by atoms with Crippen LogP contribution in [0.1, 0.15) is 63.6 Å². The molecule has 5 rings (SSSR count). The molecule has 34 heavy (non-hydrogen) atoms. The Morgan fingerprint density at radius 3 is 2.21 bits per heavy atom. The second-order valence-electron chi connectivity index (χ2n) is 9.28. The third-order valence-corrected chi connectivity index (χ3v) is 7.52. The predicted octanol–water partition coefficient (Wildman–Crippen LogP) is 3.39. The highest BCUT2D eigenvalue weighted by atomic mass is 16.5. The van der Waals surface area contributed by atoms with E-state index in [0.717, 1.165) is 24.0 Å². The summed E-state index contributed by atoms with van der Waals surface area (Å²) in [5.74, 6) is -2.00. The van der Waals surface area contributed by atoms with Crippen LogP contribution in [0.4, 0.5) is 0 Å². The maximum absolute atomic E-state index is 13.9. The average Bonchev–Trinajstić information content (AvgIpc) is 3.13. The van der Waals surface area contributed by atoms with Crippen molar-refractivity contribution in [2.45, 2.75) is 38.1 Å². The van der Waals surface area contributed by atoms with Crippen LogP contribution in [0.2, 0.25) is 0 Å². The minimum Gasteiger partial charge on any atom is -0.469 e. The van der Waals surface area contributed by atoms with E-state index in [0.29, 0.717) is 36.9 Å². The van der Waals surface area contributed by atoms with Gasteiger partial charge in [-0.15, -0.1) is 0 Å². The molecular formula is C27H28N2O5. The van der Waals surface area contributed by atoms with Crippen molar-refractivity contribution in [3.8, 4) is 0 Å². The molecule has 0 aromatic heterocycles. The van der Waals surface area contributed by atoms with E-state index in [4.69, 9.17) is 4.74 Å². The first kappa shape index (κ1) is 22.3. The minimum atomic E-state index is -0.458. The normalized spacial score (nSPS) is 24.0. The van der Waals surface area contributed by atoms with Crippen LogP contribution in [0.25, 0.3) is 0 Å². The average molecular weight is 461 g/mol. The second-order valence-corrected chi connectivity index (χ2v) is 9.28. The lowest BCUT2D eigenvalue weighted by atomic mass is 9.77. The molecule has 0 spiro atoms. The number of methoxy groups -OCH3 is 1. The molecule has 3 unspecified atom stereocenters. The van der Waals surface area contributed by atoms with Gasteiger partial charge in [0, 0.05) is 6.54 Å². The van der Waals surface area contributed by atoms with E-state index in [9.17, 15) is 19.2 Å². The summed E-state index contributed by atoms with van der Waals surface area (Å²) in [6.07, 6.45) is 3.74. The Morgan fingerprint density at radius 2 is 1.53 bits per heavy atom. The van der Waals surface area contributed by atoms with Crippen molar-refractivity contribution in [2.75, 3.05) is 20.2 Å². The monoisotopic (exact) mass is 460 g/mol. The van der Waals surface area contributed by atoms with E-state index in [1.54, 1.807) is 29.2 Å². The lowest BCUT2D eigenvalue weighted by molar-refractivity contribution is -0.156. The van der Waals surface area contributed by atoms with Gasteiger partial charge in [0.2, 0.25) is 5.91 Å². The van der Waals surface area contributed by atoms with Crippen molar-refractivity contribution in [2.24, 2.45) is 11.8 Å². The van der Waals surface area contributed by atoms with Crippen molar-refractivity contribution < 1.29 is 23.9 Å². The van der Waals surface area contributed by atoms with Gasteiger partial charge in [-0.3, -0.25) is 24.1 Å². The van der Waals surface area contributed by atoms with Gasteiger partial charge in [0.05, 0.1) is 42.7 Å². The van der Waals surface area contributed by atoms with Gasteiger partial charge in [-0.1, -0.05) is 49.2 Å². The molecule has 3 amide bonds. The number of rotatable bonds is 4. The van der Waals surface area contributed by atoms with Gasteiger partial charge in [-0.25, -0.2) is 0 Å². The molecule has 2 aromatic rings. The third-order valence-electron chi connectivity index (χ3n) is 7.52. The summed E-state index contributed by atoms with van der Waals surface area (Å²) in [5.41, 5.74) is 2.85. The highest BCUT2D eigenvalue weighted by Gasteiger charge is 2.44. The molecule has 1 aliphatic carbocycles. The molecule has 3 aliphatic rings. The summed E-state index contributed by atoms with van der Waals surface area (Å²) in [5, 5.41) is 0. The summed E-state index contributed by atoms with van der Waals surface area (Å²) >= 11 is 0. The molecular weight excluding hydrogens is 432 g/mol. The summed E-state index contributed by atoms with van der Waals surface area (Å²) in [6, 6.07) is 14.2. The van der Waals surface area contributed by atoms with E-state index in [2.05, 4.69) is 0 Å². The van der Waals surface area contributed by atoms with Gasteiger partial charge in [-0.2, -0.15) is 0 Å². The van der Waals surface area contributed by atoms with Crippen LogP contribution in [0.5, 0.6) is 0 Å². The number of hydrogen-bond donors (Lipinski definition) is 0. The zero-order valence-electron chi connectivity index (χ0n) is 19.2. The number of hydrogen-bond acceptors (Lipinski definition) is 5. The van der Waals surface area contributed by atoms with Gasteiger partial charge in [-0.05, 0) is 42.5 Å². The fourth-order valence-corrected chi connectivity index (χ4v) is 5.76. The molecule has 176 valence electrons. The van der Waals surface area contributed by atoms with Gasteiger partial charge in [0.25, 0.3) is 11.8 Å². The SMILES string of the molecule is COC(=O)C1CCCCC1C(=O)N1CCc2ccccc2C1CN1C(=O)c2ccccc2C1=O. The first-order valence-corrected chi connectivity index (χ1v) is 11.9. The number of fused-ring (bicyclic) bond motifs is 2. The van der Waals surface area contributed by atoms with Crippen LogP contribution in [-0.4, -0.2) is 53.7 Å². The first-order chi connectivity index (χ1) is 16.5. The number of benzene rings is 2. The summed E-state index contributed by atoms with van der Waals surface area (Å²) in [7, 11) is 1.36. The highest BCUT2D eigenvalue weighted by molar-refractivity contribution is 6.21. The van der Waals surface area contributed by atoms with E-state index in [-0.39, 0.29) is 30.2 Å². The first-order valence-electron chi connectivity index (χ1n) is 11.9. The fourth-order valence-electron chi connectivity index (χ4n) is 5.76. The summed E-state index contributed by atoms with van der Waals surface area (Å²) in [6.45, 7) is 0.568. The maximum atomic E-state index is 13.9. The van der Waals surface area contributed by atoms with Crippen LogP contribution in [0.15, 0.2) is 48.5 Å². The number of esters is 1. The number of imide groups is 1. The van der Waals surface area contributed by atoms with Crippen LogP contribution >= 0.6 is 0 Å². The van der Waals surface area contributed by atoms with E-state index >= 15 is 0 Å². The van der Waals surface area contributed by atoms with Crippen LogP contribution in [0, 0.1) is 11.8 Å². The summed E-state index contributed by atoms with van der Waals surface area (Å²) < 4.78 is 5.00. The summed E-state index contributed by atoms with van der Waals surface area (Å²) in [4.78, 5) is 55.6. The zero-order valence-corrected chi connectivity index (χ0v) is 19.2. The number of carbonyl (C=O) groups is 4. The molecule has 0 bridgehead atoms. The fraction of sp³-hybridized carbons (Fsp3) is 0.407. The Kier molecular flexibility index (Phi) is 5.94. The van der Waals surface area contributed by atoms with Crippen LogP contribution in [0.3, 0.4) is 0 Å². The van der Waals surface area contributed by atoms with Crippen LogP contribution in [-0.2, 0) is 20.7 Å². The predicted molar refractivity (Wildman–Crippen MR) is 124 cm³/mol. The van der Waals surface area contributed by atoms with E-state index < -0.39 is 17.9 Å². The van der Waals surface area contributed by atoms with Crippen molar-refractivity contribution >= 4 is 23.7 Å². The smallest absolute Gasteiger partial charge is 0.309 e. The van der Waals surface area contributed by atoms with E-state index in [1.165, 1.54) is 12.0 Å². The molecule has 7 heteroatoms. The Morgan fingerprint density at radius 1 is 0.912 bits per heavy atom. The Hall–Kier alpha value is -3.48. The van der Waals surface area contributed by atoms with Gasteiger partial charge < -0.3 is 9.64 Å². The van der Waals surface area contributed by atoms with Gasteiger partial charge in [0.15, 0.2) is 0 Å². The number of ether oxygens (including phenoxy) is 1. The molecule has 3 atom stereocenters. The van der Waals surface area contributed by atoms with Crippen molar-refractivity contribution in [3.63, 3.8) is 0 Å². The third kappa shape index (κ3) is 3.69. The Bertz CT molecular complexity index is 1120. The second kappa shape index (κ2) is 9.05. The minimum absolute atomic E-state index is 0.0880. The van der Waals surface area contributed by atoms with Crippen LogP contribution < -0.4 is 0 Å². The van der Waals surface area contributed by atoms with Crippen molar-refractivity contribution in [3.05, 3.63) is 70.8 Å². The van der Waals surface area contributed by atoms with Gasteiger partial charge in [0.1, 0.15) is 0 Å². The largest absolute Gasteiger partial charge is 0.469 e. The molecule has 0 saturated heterocycles. The molecule has 7 nitrogen and oxygen atoms in total. The lowest BCUT2D eigenvalue weighted by Crippen LogP contribution is -2.50.